The van der Waals surface area contributed by atoms with Crippen LogP contribution in [0.2, 0.25) is 0 Å². The summed E-state index contributed by atoms with van der Waals surface area (Å²) in [6.45, 7) is 5.47. The number of nitrogens with zero attached hydrogens (tertiary/aromatic N) is 2. The molecule has 0 aromatic carbocycles. The molecule has 1 aromatic rings. The van der Waals surface area contributed by atoms with E-state index < -0.39 is 0 Å². The van der Waals surface area contributed by atoms with Gasteiger partial charge < -0.3 is 11.1 Å². The van der Waals surface area contributed by atoms with Gasteiger partial charge >= 0.3 is 0 Å². The number of rotatable bonds is 5. The summed E-state index contributed by atoms with van der Waals surface area (Å²) in [6, 6.07) is 4.07. The fraction of sp³-hybridized carbons (Fsp3) is 0.538. The van der Waals surface area contributed by atoms with Crippen molar-refractivity contribution in [2.24, 2.45) is 11.7 Å². The molecule has 2 heterocycles. The van der Waals surface area contributed by atoms with E-state index in [1.807, 2.05) is 19.2 Å². The van der Waals surface area contributed by atoms with Gasteiger partial charge in [0.25, 0.3) is 0 Å². The lowest BCUT2D eigenvalue weighted by Gasteiger charge is -2.15. The molecule has 1 aliphatic heterocycles. The van der Waals surface area contributed by atoms with Gasteiger partial charge in [-0.25, -0.2) is 4.98 Å². The van der Waals surface area contributed by atoms with Gasteiger partial charge in [-0.2, -0.15) is 0 Å². The van der Waals surface area contributed by atoms with Gasteiger partial charge in [0, 0.05) is 25.8 Å². The highest BCUT2D eigenvalue weighted by molar-refractivity contribution is 5.77. The minimum absolute atomic E-state index is 0.0140. The summed E-state index contributed by atoms with van der Waals surface area (Å²) in [5.41, 5.74) is 6.55. The Hall–Kier alpha value is -1.62. The smallest absolute Gasteiger partial charge is 0.221 e. The lowest BCUT2D eigenvalue weighted by molar-refractivity contribution is -0.121. The molecule has 1 amide bonds. The van der Waals surface area contributed by atoms with E-state index in [4.69, 9.17) is 5.73 Å². The van der Waals surface area contributed by atoms with Gasteiger partial charge in [-0.05, 0) is 37.6 Å². The first-order valence-electron chi connectivity index (χ1n) is 6.39. The van der Waals surface area contributed by atoms with Crippen molar-refractivity contribution in [1.29, 1.82) is 0 Å². The number of carbonyl (C=O) groups excluding carboxylic acids is 1. The molecular weight excluding hydrogens is 228 g/mol. The van der Waals surface area contributed by atoms with Crippen LogP contribution < -0.4 is 11.1 Å². The van der Waals surface area contributed by atoms with Gasteiger partial charge in [-0.3, -0.25) is 9.69 Å². The van der Waals surface area contributed by atoms with E-state index >= 15 is 0 Å². The topological polar surface area (TPSA) is 71.2 Å². The quantitative estimate of drug-likeness (QED) is 0.809. The summed E-state index contributed by atoms with van der Waals surface area (Å²) in [4.78, 5) is 17.6. The number of amides is 1. The Kier molecular flexibility index (Phi) is 4.15. The molecule has 18 heavy (non-hydrogen) atoms. The highest BCUT2D eigenvalue weighted by atomic mass is 16.1. The molecule has 0 spiro atoms. The van der Waals surface area contributed by atoms with Crippen LogP contribution in [0.4, 0.5) is 5.82 Å². The van der Waals surface area contributed by atoms with Crippen molar-refractivity contribution in [1.82, 2.24) is 9.88 Å². The lowest BCUT2D eigenvalue weighted by Crippen LogP contribution is -2.27. The van der Waals surface area contributed by atoms with E-state index in [0.29, 0.717) is 0 Å². The third kappa shape index (κ3) is 3.20. The fourth-order valence-corrected chi connectivity index (χ4v) is 2.32. The average molecular weight is 248 g/mol. The number of primary amides is 1. The van der Waals surface area contributed by atoms with Gasteiger partial charge in [0.1, 0.15) is 5.82 Å². The van der Waals surface area contributed by atoms with Crippen molar-refractivity contribution in [3.8, 4) is 0 Å². The molecule has 2 rings (SSSR count). The Morgan fingerprint density at radius 1 is 1.67 bits per heavy atom. The molecule has 0 saturated carbocycles. The summed E-state index contributed by atoms with van der Waals surface area (Å²) in [7, 11) is 0. The number of pyridine rings is 1. The Morgan fingerprint density at radius 3 is 3.17 bits per heavy atom. The maximum Gasteiger partial charge on any atom is 0.221 e. The van der Waals surface area contributed by atoms with E-state index in [0.717, 1.165) is 38.4 Å². The maximum absolute atomic E-state index is 11.1. The van der Waals surface area contributed by atoms with Crippen molar-refractivity contribution in [2.45, 2.75) is 19.9 Å². The predicted octanol–water partition coefficient (Wildman–Crippen LogP) is 0.821. The molecule has 0 aliphatic carbocycles. The van der Waals surface area contributed by atoms with Crippen molar-refractivity contribution in [2.75, 3.05) is 25.0 Å². The molecule has 1 aromatic heterocycles. The standard InChI is InChI=1S/C13H20N4O/c1-2-15-12-7-10(3-5-16-12)8-17-6-4-11(9-17)13(14)18/h3,5,7,11H,2,4,6,8-9H2,1H3,(H2,14,18)(H,15,16). The van der Waals surface area contributed by atoms with Crippen LogP contribution in [-0.4, -0.2) is 35.4 Å². The number of carbonyl (C=O) groups is 1. The SMILES string of the molecule is CCNc1cc(CN2CCC(C(N)=O)C2)ccn1. The Labute approximate surface area is 107 Å². The molecule has 3 N–H and O–H groups in total. The average Bonchev–Trinajstić information content (AvgIpc) is 2.78. The third-order valence-electron chi connectivity index (χ3n) is 3.26. The number of aromatic nitrogens is 1. The Balaban J connectivity index is 1.94. The van der Waals surface area contributed by atoms with E-state index in [2.05, 4.69) is 21.3 Å². The molecule has 0 radical (unpaired) electrons. The van der Waals surface area contributed by atoms with Crippen LogP contribution in [-0.2, 0) is 11.3 Å². The second-order valence-corrected chi connectivity index (χ2v) is 4.70. The third-order valence-corrected chi connectivity index (χ3v) is 3.26. The normalized spacial score (nSPS) is 19.9. The van der Waals surface area contributed by atoms with Crippen LogP contribution in [0.1, 0.15) is 18.9 Å². The van der Waals surface area contributed by atoms with Crippen molar-refractivity contribution in [3.05, 3.63) is 23.9 Å². The zero-order valence-corrected chi connectivity index (χ0v) is 10.7. The summed E-state index contributed by atoms with van der Waals surface area (Å²) in [5.74, 6) is 0.737. The van der Waals surface area contributed by atoms with Crippen molar-refractivity contribution < 1.29 is 4.79 Å². The van der Waals surface area contributed by atoms with Crippen molar-refractivity contribution >= 4 is 11.7 Å². The van der Waals surface area contributed by atoms with E-state index in [1.54, 1.807) is 0 Å². The number of likely N-dealkylation sites (tertiary alicyclic amines) is 1. The first kappa shape index (κ1) is 12.8. The highest BCUT2D eigenvalue weighted by Crippen LogP contribution is 2.18. The van der Waals surface area contributed by atoms with Gasteiger partial charge in [0.05, 0.1) is 5.92 Å². The molecule has 1 aliphatic rings. The van der Waals surface area contributed by atoms with Crippen LogP contribution in [0, 0.1) is 5.92 Å². The van der Waals surface area contributed by atoms with E-state index in [9.17, 15) is 4.79 Å². The highest BCUT2D eigenvalue weighted by Gasteiger charge is 2.26. The largest absolute Gasteiger partial charge is 0.370 e. The summed E-state index contributed by atoms with van der Waals surface area (Å²) in [5, 5.41) is 3.20. The zero-order chi connectivity index (χ0) is 13.0. The molecule has 5 heteroatoms. The number of hydrogen-bond acceptors (Lipinski definition) is 4. The minimum atomic E-state index is -0.180. The van der Waals surface area contributed by atoms with Crippen LogP contribution in [0.15, 0.2) is 18.3 Å². The zero-order valence-electron chi connectivity index (χ0n) is 10.7. The number of nitrogens with one attached hydrogen (secondary N) is 1. The molecule has 1 saturated heterocycles. The number of nitrogens with two attached hydrogens (primary N) is 1. The van der Waals surface area contributed by atoms with Gasteiger partial charge in [-0.15, -0.1) is 0 Å². The minimum Gasteiger partial charge on any atom is -0.370 e. The van der Waals surface area contributed by atoms with Gasteiger partial charge in [0.15, 0.2) is 0 Å². The summed E-state index contributed by atoms with van der Waals surface area (Å²) in [6.07, 6.45) is 2.69. The lowest BCUT2D eigenvalue weighted by atomic mass is 10.1. The maximum atomic E-state index is 11.1. The molecular formula is C13H20N4O. The summed E-state index contributed by atoms with van der Waals surface area (Å²) >= 11 is 0. The molecule has 0 bridgehead atoms. The van der Waals surface area contributed by atoms with Crippen LogP contribution in [0.25, 0.3) is 0 Å². The van der Waals surface area contributed by atoms with E-state index in [1.165, 1.54) is 5.56 Å². The number of hydrogen-bond donors (Lipinski definition) is 2. The number of anilines is 1. The Morgan fingerprint density at radius 2 is 2.50 bits per heavy atom. The fourth-order valence-electron chi connectivity index (χ4n) is 2.32. The predicted molar refractivity (Wildman–Crippen MR) is 71.0 cm³/mol. The van der Waals surface area contributed by atoms with Gasteiger partial charge in [-0.1, -0.05) is 0 Å². The molecule has 1 fully saturated rings. The van der Waals surface area contributed by atoms with Crippen LogP contribution >= 0.6 is 0 Å². The van der Waals surface area contributed by atoms with Crippen LogP contribution in [0.3, 0.4) is 0 Å². The molecule has 5 nitrogen and oxygen atoms in total. The second kappa shape index (κ2) is 5.82. The first-order valence-corrected chi connectivity index (χ1v) is 6.39. The van der Waals surface area contributed by atoms with Crippen LogP contribution in [0.5, 0.6) is 0 Å². The summed E-state index contributed by atoms with van der Waals surface area (Å²) < 4.78 is 0. The van der Waals surface area contributed by atoms with E-state index in [-0.39, 0.29) is 11.8 Å². The molecule has 1 atom stereocenters. The van der Waals surface area contributed by atoms with Gasteiger partial charge in [0.2, 0.25) is 5.91 Å². The Bertz CT molecular complexity index is 421. The molecule has 98 valence electrons. The monoisotopic (exact) mass is 248 g/mol. The van der Waals surface area contributed by atoms with Crippen molar-refractivity contribution in [3.63, 3.8) is 0 Å². The first-order chi connectivity index (χ1) is 8.69. The molecule has 1 unspecified atom stereocenters. The second-order valence-electron chi connectivity index (χ2n) is 4.70.